The third kappa shape index (κ3) is 2.43. The van der Waals surface area contributed by atoms with E-state index in [-0.39, 0.29) is 0 Å². The van der Waals surface area contributed by atoms with Crippen LogP contribution < -0.4 is 4.57 Å². The van der Waals surface area contributed by atoms with Gasteiger partial charge in [0.05, 0.1) is 12.3 Å². The van der Waals surface area contributed by atoms with Crippen molar-refractivity contribution >= 4 is 32.3 Å². The maximum Gasteiger partial charge on any atom is 0.220 e. The molecule has 5 aromatic rings. The Hall–Kier alpha value is -3.19. The molecule has 5 rings (SSSR count). The van der Waals surface area contributed by atoms with Crippen molar-refractivity contribution in [2.75, 3.05) is 0 Å². The van der Waals surface area contributed by atoms with E-state index in [1.165, 1.54) is 33.0 Å². The number of hydrogen-bond acceptors (Lipinski definition) is 0. The summed E-state index contributed by atoms with van der Waals surface area (Å²) in [6.07, 6.45) is 0. The smallest absolute Gasteiger partial charge is 0.198 e. The van der Waals surface area contributed by atoms with Gasteiger partial charge in [-0.15, -0.1) is 0 Å². The molecule has 4 aromatic carbocycles. The highest BCUT2D eigenvalue weighted by Gasteiger charge is 2.21. The first-order chi connectivity index (χ1) is 13.6. The lowest BCUT2D eigenvalue weighted by molar-refractivity contribution is -0.665. The molecule has 0 aliphatic carbocycles. The lowest BCUT2D eigenvalue weighted by atomic mass is 9.93. The van der Waals surface area contributed by atoms with Crippen LogP contribution in [0.25, 0.3) is 43.6 Å². The van der Waals surface area contributed by atoms with Gasteiger partial charge in [0.25, 0.3) is 0 Å². The fourth-order valence-electron chi connectivity index (χ4n) is 4.15. The second kappa shape index (κ2) is 5.92. The van der Waals surface area contributed by atoms with E-state index in [9.17, 15) is 0 Å². The molecular formula is C26H22N+. The number of benzene rings is 4. The molecule has 0 radical (unpaired) electrons. The molecule has 1 nitrogen and oxygen atoms in total. The summed E-state index contributed by atoms with van der Waals surface area (Å²) >= 11 is 0. The predicted molar refractivity (Wildman–Crippen MR) is 115 cm³/mol. The Bertz CT molecular complexity index is 1400. The van der Waals surface area contributed by atoms with Gasteiger partial charge in [0, 0.05) is 18.4 Å². The molecule has 0 saturated heterocycles. The van der Waals surface area contributed by atoms with E-state index in [1.807, 2.05) is 6.92 Å². The van der Waals surface area contributed by atoms with E-state index >= 15 is 0 Å². The molecule has 0 bridgehead atoms. The van der Waals surface area contributed by atoms with Gasteiger partial charge in [-0.25, -0.2) is 0 Å². The Morgan fingerprint density at radius 2 is 1.37 bits per heavy atom. The summed E-state index contributed by atoms with van der Waals surface area (Å²) in [6, 6.07) is 26.4. The quantitative estimate of drug-likeness (QED) is 0.249. The first-order valence-electron chi connectivity index (χ1n) is 9.86. The Morgan fingerprint density at radius 3 is 2.15 bits per heavy atom. The Morgan fingerprint density at radius 1 is 0.704 bits per heavy atom. The van der Waals surface area contributed by atoms with Crippen molar-refractivity contribution in [3.05, 3.63) is 90.1 Å². The van der Waals surface area contributed by atoms with Crippen LogP contribution >= 0.6 is 0 Å². The van der Waals surface area contributed by atoms with Crippen LogP contribution in [0.15, 0.2) is 78.8 Å². The van der Waals surface area contributed by atoms with Crippen molar-refractivity contribution in [1.29, 1.82) is 0 Å². The SMILES string of the molecule is [2H]c1c(C)[n+](C)c(-c2cc3ccccc3cc2C)c2ccc3ccccc3c12. The van der Waals surface area contributed by atoms with Crippen LogP contribution in [0.1, 0.15) is 12.6 Å². The lowest BCUT2D eigenvalue weighted by Gasteiger charge is -2.12. The fraction of sp³-hybridized carbons (Fsp3) is 0.115. The van der Waals surface area contributed by atoms with E-state index in [4.69, 9.17) is 1.37 Å². The van der Waals surface area contributed by atoms with Crippen LogP contribution in [-0.2, 0) is 7.05 Å². The van der Waals surface area contributed by atoms with Crippen LogP contribution in [0, 0.1) is 13.8 Å². The molecule has 1 heterocycles. The van der Waals surface area contributed by atoms with E-state index in [1.54, 1.807) is 0 Å². The number of rotatable bonds is 1. The van der Waals surface area contributed by atoms with Crippen molar-refractivity contribution in [2.45, 2.75) is 13.8 Å². The Kier molecular flexibility index (Phi) is 3.27. The number of nitrogens with zero attached hydrogens (tertiary/aromatic N) is 1. The first-order valence-corrected chi connectivity index (χ1v) is 9.36. The third-order valence-corrected chi connectivity index (χ3v) is 5.68. The summed E-state index contributed by atoms with van der Waals surface area (Å²) < 4.78 is 11.0. The number of hydrogen-bond donors (Lipinski definition) is 0. The van der Waals surface area contributed by atoms with Crippen molar-refractivity contribution in [2.24, 2.45) is 7.05 Å². The highest BCUT2D eigenvalue weighted by Crippen LogP contribution is 2.34. The topological polar surface area (TPSA) is 3.88 Å². The van der Waals surface area contributed by atoms with Gasteiger partial charge in [-0.2, -0.15) is 4.57 Å². The molecular weight excluding hydrogens is 326 g/mol. The zero-order valence-electron chi connectivity index (χ0n) is 16.9. The summed E-state index contributed by atoms with van der Waals surface area (Å²) in [4.78, 5) is 0. The number of aromatic nitrogens is 1. The van der Waals surface area contributed by atoms with E-state index in [0.29, 0.717) is 6.04 Å². The molecule has 130 valence electrons. The Labute approximate surface area is 160 Å². The average Bonchev–Trinajstić information content (AvgIpc) is 2.72. The van der Waals surface area contributed by atoms with Gasteiger partial charge in [0.15, 0.2) is 5.69 Å². The maximum atomic E-state index is 8.83. The van der Waals surface area contributed by atoms with Crippen molar-refractivity contribution in [3.63, 3.8) is 0 Å². The van der Waals surface area contributed by atoms with Crippen molar-refractivity contribution < 1.29 is 5.94 Å². The van der Waals surface area contributed by atoms with Crippen LogP contribution in [0.2, 0.25) is 0 Å². The molecule has 1 aromatic heterocycles. The van der Waals surface area contributed by atoms with Crippen LogP contribution in [0.5, 0.6) is 0 Å². The highest BCUT2D eigenvalue weighted by atomic mass is 14.9. The minimum absolute atomic E-state index is 0.608. The molecule has 1 heteroatoms. The highest BCUT2D eigenvalue weighted by molar-refractivity contribution is 6.11. The number of fused-ring (bicyclic) bond motifs is 4. The van der Waals surface area contributed by atoms with Crippen LogP contribution in [-0.4, -0.2) is 0 Å². The second-order valence-corrected chi connectivity index (χ2v) is 7.34. The fourth-order valence-corrected chi connectivity index (χ4v) is 4.15. The standard InChI is InChI=1S/C26H22N/c1-17-14-20-9-4-5-10-21(20)16-24(17)26-23-13-12-19-8-6-7-11-22(19)25(23)15-18(2)27(26)3/h4-16H,1-3H3/q+1/i15D. The normalized spacial score (nSPS) is 12.0. The molecule has 0 atom stereocenters. The van der Waals surface area contributed by atoms with Crippen LogP contribution in [0.3, 0.4) is 0 Å². The summed E-state index contributed by atoms with van der Waals surface area (Å²) in [6.45, 7) is 4.22. The third-order valence-electron chi connectivity index (χ3n) is 5.68. The second-order valence-electron chi connectivity index (χ2n) is 7.34. The van der Waals surface area contributed by atoms with Gasteiger partial charge in [-0.05, 0) is 46.2 Å². The summed E-state index contributed by atoms with van der Waals surface area (Å²) in [7, 11) is 2.08. The Balaban J connectivity index is 1.98. The van der Waals surface area contributed by atoms with Crippen LogP contribution in [0.4, 0.5) is 0 Å². The zero-order chi connectivity index (χ0) is 19.4. The first kappa shape index (κ1) is 14.9. The molecule has 0 N–H and O–H groups in total. The molecule has 27 heavy (non-hydrogen) atoms. The van der Waals surface area contributed by atoms with E-state index < -0.39 is 0 Å². The molecule has 0 unspecified atom stereocenters. The molecule has 0 amide bonds. The molecule has 0 fully saturated rings. The summed E-state index contributed by atoms with van der Waals surface area (Å²) in [5.74, 6) is 0. The molecule has 0 spiro atoms. The molecule has 0 aliphatic rings. The molecule has 0 saturated carbocycles. The maximum absolute atomic E-state index is 8.83. The summed E-state index contributed by atoms with van der Waals surface area (Å²) in [5, 5.41) is 7.00. The van der Waals surface area contributed by atoms with E-state index in [2.05, 4.69) is 91.3 Å². The number of pyridine rings is 1. The zero-order valence-corrected chi connectivity index (χ0v) is 15.9. The van der Waals surface area contributed by atoms with Gasteiger partial charge in [0.2, 0.25) is 5.69 Å². The summed E-state index contributed by atoms with van der Waals surface area (Å²) in [5.41, 5.74) is 4.63. The van der Waals surface area contributed by atoms with Gasteiger partial charge in [-0.3, -0.25) is 0 Å². The predicted octanol–water partition coefficient (Wildman–Crippen LogP) is 6.25. The van der Waals surface area contributed by atoms with Gasteiger partial charge in [-0.1, -0.05) is 60.7 Å². The van der Waals surface area contributed by atoms with Crippen molar-refractivity contribution in [3.8, 4) is 11.3 Å². The van der Waals surface area contributed by atoms with Gasteiger partial charge >= 0.3 is 0 Å². The van der Waals surface area contributed by atoms with E-state index in [0.717, 1.165) is 21.9 Å². The monoisotopic (exact) mass is 349 g/mol. The lowest BCUT2D eigenvalue weighted by Crippen LogP contribution is -2.35. The molecule has 0 aliphatic heterocycles. The average molecular weight is 349 g/mol. The number of aryl methyl sites for hydroxylation is 1. The largest absolute Gasteiger partial charge is 0.220 e. The minimum atomic E-state index is 0.608. The van der Waals surface area contributed by atoms with Gasteiger partial charge in [0.1, 0.15) is 7.05 Å². The van der Waals surface area contributed by atoms with Crippen molar-refractivity contribution in [1.82, 2.24) is 0 Å². The van der Waals surface area contributed by atoms with Gasteiger partial charge < -0.3 is 0 Å². The minimum Gasteiger partial charge on any atom is -0.198 e.